The highest BCUT2D eigenvalue weighted by Crippen LogP contribution is 2.44. The Hall–Kier alpha value is -2.46. The van der Waals surface area contributed by atoms with Crippen LogP contribution < -0.4 is 0 Å². The minimum absolute atomic E-state index is 0.0397. The average Bonchev–Trinajstić information content (AvgIpc) is 3.31. The van der Waals surface area contributed by atoms with E-state index in [0.29, 0.717) is 8.58 Å². The van der Waals surface area contributed by atoms with Crippen LogP contribution in [0.3, 0.4) is 0 Å². The first-order chi connectivity index (χ1) is 13.1. The van der Waals surface area contributed by atoms with Crippen molar-refractivity contribution in [3.63, 3.8) is 0 Å². The lowest BCUT2D eigenvalue weighted by atomic mass is 10.2. The second-order valence-corrected chi connectivity index (χ2v) is 8.75. The van der Waals surface area contributed by atoms with E-state index in [1.165, 1.54) is 12.8 Å². The van der Waals surface area contributed by atoms with E-state index in [9.17, 15) is 4.79 Å². The Labute approximate surface area is 160 Å². The molecule has 27 heavy (non-hydrogen) atoms. The van der Waals surface area contributed by atoms with Crippen molar-refractivity contribution in [2.45, 2.75) is 32.5 Å². The molecular formula is C20H22N5OP. The van der Waals surface area contributed by atoms with Crippen molar-refractivity contribution < 1.29 is 4.79 Å². The van der Waals surface area contributed by atoms with Gasteiger partial charge in [-0.15, -0.1) is 0 Å². The summed E-state index contributed by atoms with van der Waals surface area (Å²) in [6.07, 6.45) is 12.5. The second kappa shape index (κ2) is 6.31. The Morgan fingerprint density at radius 1 is 1.22 bits per heavy atom. The molecule has 1 amide bonds. The van der Waals surface area contributed by atoms with Crippen LogP contribution in [0.25, 0.3) is 10.8 Å². The van der Waals surface area contributed by atoms with E-state index < -0.39 is 0 Å². The molecule has 2 aromatic rings. The van der Waals surface area contributed by atoms with Crippen LogP contribution in [-0.2, 0) is 4.79 Å². The van der Waals surface area contributed by atoms with Gasteiger partial charge in [0, 0.05) is 30.7 Å². The quantitative estimate of drug-likeness (QED) is 0.753. The lowest BCUT2D eigenvalue weighted by Crippen LogP contribution is -2.37. The fourth-order valence-electron chi connectivity index (χ4n) is 4.00. The number of aryl methyl sites for hydroxylation is 2. The van der Waals surface area contributed by atoms with E-state index in [1.54, 1.807) is 6.08 Å². The summed E-state index contributed by atoms with van der Waals surface area (Å²) in [5.74, 6) is 0.132. The third-order valence-electron chi connectivity index (χ3n) is 5.35. The standard InChI is InChI=1S/C20H22N5OP/c1-13-11-25-17(14(2)21-13)9-16(22-25)18-10-19(26)24-12-15(5-6-20(24)27-18)23-7-3-4-8-23/h5-6,9-12,20,27H,3-4,7-8H2,1-2H3. The fraction of sp³-hybridized carbons (Fsp3) is 0.350. The number of likely N-dealkylation sites (tertiary alicyclic amines) is 1. The third kappa shape index (κ3) is 2.88. The number of hydrogen-bond donors (Lipinski definition) is 0. The average molecular weight is 379 g/mol. The molecule has 7 heteroatoms. The summed E-state index contributed by atoms with van der Waals surface area (Å²) in [6, 6.07) is 2.04. The number of fused-ring (bicyclic) bond motifs is 2. The Morgan fingerprint density at radius 3 is 2.85 bits per heavy atom. The van der Waals surface area contributed by atoms with Crippen molar-refractivity contribution in [1.29, 1.82) is 0 Å². The van der Waals surface area contributed by atoms with Gasteiger partial charge in [-0.2, -0.15) is 5.10 Å². The highest BCUT2D eigenvalue weighted by atomic mass is 31.1. The minimum Gasteiger partial charge on any atom is -0.370 e. The number of amides is 1. The summed E-state index contributed by atoms with van der Waals surface area (Å²) >= 11 is 0. The molecule has 5 rings (SSSR count). The highest BCUT2D eigenvalue weighted by Gasteiger charge is 2.30. The molecule has 0 radical (unpaired) electrons. The van der Waals surface area contributed by atoms with Gasteiger partial charge in [0.2, 0.25) is 0 Å². The van der Waals surface area contributed by atoms with Gasteiger partial charge in [-0.3, -0.25) is 9.78 Å². The van der Waals surface area contributed by atoms with Gasteiger partial charge in [-0.25, -0.2) is 4.52 Å². The van der Waals surface area contributed by atoms with Crippen molar-refractivity contribution in [2.75, 3.05) is 13.1 Å². The molecular weight excluding hydrogens is 357 g/mol. The number of aromatic nitrogens is 3. The van der Waals surface area contributed by atoms with Crippen LogP contribution >= 0.6 is 8.58 Å². The summed E-state index contributed by atoms with van der Waals surface area (Å²) in [7, 11) is 0.485. The molecule has 0 aromatic carbocycles. The van der Waals surface area contributed by atoms with E-state index in [4.69, 9.17) is 5.10 Å². The van der Waals surface area contributed by atoms with Crippen molar-refractivity contribution in [3.05, 3.63) is 59.5 Å². The van der Waals surface area contributed by atoms with Crippen molar-refractivity contribution in [2.24, 2.45) is 0 Å². The van der Waals surface area contributed by atoms with Crippen LogP contribution in [-0.4, -0.2) is 49.2 Å². The number of nitrogens with zero attached hydrogens (tertiary/aromatic N) is 5. The smallest absolute Gasteiger partial charge is 0.252 e. The molecule has 3 aliphatic rings. The van der Waals surface area contributed by atoms with Crippen LogP contribution in [0, 0.1) is 13.8 Å². The summed E-state index contributed by atoms with van der Waals surface area (Å²) in [4.78, 5) is 21.6. The van der Waals surface area contributed by atoms with Gasteiger partial charge in [0.1, 0.15) is 0 Å². The Kier molecular flexibility index (Phi) is 3.90. The molecule has 2 aromatic heterocycles. The van der Waals surface area contributed by atoms with E-state index >= 15 is 0 Å². The van der Waals surface area contributed by atoms with Crippen LogP contribution in [0.5, 0.6) is 0 Å². The molecule has 0 N–H and O–H groups in total. The molecule has 3 aliphatic heterocycles. The van der Waals surface area contributed by atoms with Gasteiger partial charge >= 0.3 is 0 Å². The van der Waals surface area contributed by atoms with Gasteiger partial charge in [0.15, 0.2) is 0 Å². The molecule has 2 unspecified atom stereocenters. The minimum atomic E-state index is 0.0397. The first kappa shape index (κ1) is 16.7. The van der Waals surface area contributed by atoms with Gasteiger partial charge in [-0.05, 0) is 38.8 Å². The van der Waals surface area contributed by atoms with Gasteiger partial charge in [0.25, 0.3) is 5.91 Å². The SMILES string of the molecule is Cc1cn2nc(C3=CC(=O)N4C=C(N5CCCC5)C=CC4P3)cc2c(C)n1. The number of carbonyl (C=O) groups is 1. The zero-order chi connectivity index (χ0) is 18.5. The van der Waals surface area contributed by atoms with Gasteiger partial charge < -0.3 is 9.80 Å². The normalized spacial score (nSPS) is 23.2. The zero-order valence-electron chi connectivity index (χ0n) is 15.5. The Bertz CT molecular complexity index is 1030. The lowest BCUT2D eigenvalue weighted by molar-refractivity contribution is -0.123. The largest absolute Gasteiger partial charge is 0.370 e. The molecule has 138 valence electrons. The maximum absolute atomic E-state index is 12.8. The summed E-state index contributed by atoms with van der Waals surface area (Å²) in [5.41, 5.74) is 4.92. The molecule has 0 spiro atoms. The molecule has 1 saturated heterocycles. The number of hydrogen-bond acceptors (Lipinski definition) is 4. The molecule has 0 aliphatic carbocycles. The molecule has 5 heterocycles. The first-order valence-electron chi connectivity index (χ1n) is 9.38. The summed E-state index contributed by atoms with van der Waals surface area (Å²) in [5, 5.41) is 5.72. The van der Waals surface area contributed by atoms with Crippen LogP contribution in [0.1, 0.15) is 29.9 Å². The van der Waals surface area contributed by atoms with Crippen LogP contribution in [0.2, 0.25) is 0 Å². The molecule has 0 bridgehead atoms. The predicted octanol–water partition coefficient (Wildman–Crippen LogP) is 3.04. The maximum Gasteiger partial charge on any atom is 0.252 e. The molecule has 6 nitrogen and oxygen atoms in total. The topological polar surface area (TPSA) is 53.7 Å². The summed E-state index contributed by atoms with van der Waals surface area (Å²) in [6.45, 7) is 6.13. The molecule has 1 fully saturated rings. The van der Waals surface area contributed by atoms with Crippen LogP contribution in [0.15, 0.2) is 42.4 Å². The van der Waals surface area contributed by atoms with Gasteiger partial charge in [0.05, 0.1) is 40.3 Å². The fourth-order valence-corrected chi connectivity index (χ4v) is 5.33. The maximum atomic E-state index is 12.8. The lowest BCUT2D eigenvalue weighted by Gasteiger charge is -2.35. The van der Waals surface area contributed by atoms with Crippen molar-refractivity contribution in [1.82, 2.24) is 24.4 Å². The van der Waals surface area contributed by atoms with Gasteiger partial charge in [-0.1, -0.05) is 14.7 Å². The highest BCUT2D eigenvalue weighted by molar-refractivity contribution is 7.51. The third-order valence-corrected chi connectivity index (χ3v) is 6.83. The summed E-state index contributed by atoms with van der Waals surface area (Å²) < 4.78 is 1.87. The van der Waals surface area contributed by atoms with E-state index in [0.717, 1.165) is 46.7 Å². The van der Waals surface area contributed by atoms with Crippen molar-refractivity contribution in [3.8, 4) is 0 Å². The van der Waals surface area contributed by atoms with E-state index in [1.807, 2.05) is 41.7 Å². The number of rotatable bonds is 2. The Balaban J connectivity index is 1.47. The number of allylic oxidation sites excluding steroid dienone is 1. The van der Waals surface area contributed by atoms with E-state index in [2.05, 4.69) is 22.0 Å². The number of carbonyl (C=O) groups excluding carboxylic acids is 1. The Morgan fingerprint density at radius 2 is 2.04 bits per heavy atom. The zero-order valence-corrected chi connectivity index (χ0v) is 16.5. The van der Waals surface area contributed by atoms with E-state index in [-0.39, 0.29) is 11.7 Å². The van der Waals surface area contributed by atoms with Crippen LogP contribution in [0.4, 0.5) is 0 Å². The monoisotopic (exact) mass is 379 g/mol. The van der Waals surface area contributed by atoms with Crippen molar-refractivity contribution >= 4 is 25.3 Å². The predicted molar refractivity (Wildman–Crippen MR) is 107 cm³/mol. The molecule has 2 atom stereocenters. The molecule has 0 saturated carbocycles. The second-order valence-electron chi connectivity index (χ2n) is 7.33. The first-order valence-corrected chi connectivity index (χ1v) is 10.5.